The minimum absolute atomic E-state index is 0.168. The Bertz CT molecular complexity index is 2190. The van der Waals surface area contributed by atoms with Crippen molar-refractivity contribution in [2.24, 2.45) is 0 Å². The molecular weight excluding hydrogens is 763 g/mol. The van der Waals surface area contributed by atoms with E-state index in [2.05, 4.69) is 4.98 Å². The third kappa shape index (κ3) is 9.72. The van der Waals surface area contributed by atoms with Crippen molar-refractivity contribution in [3.63, 3.8) is 0 Å². The van der Waals surface area contributed by atoms with Gasteiger partial charge in [0.05, 0.1) is 0 Å². The molecule has 6 aromatic rings. The van der Waals surface area contributed by atoms with Gasteiger partial charge in [-0.05, 0) is 0 Å². The molecule has 5 aromatic carbocycles. The maximum atomic E-state index is 13.7. The molecule has 0 aliphatic carbocycles. The van der Waals surface area contributed by atoms with Crippen molar-refractivity contribution in [2.45, 2.75) is 22.9 Å². The van der Waals surface area contributed by atoms with Gasteiger partial charge < -0.3 is 0 Å². The van der Waals surface area contributed by atoms with E-state index in [-0.39, 0.29) is 6.61 Å². The molecule has 0 spiro atoms. The summed E-state index contributed by atoms with van der Waals surface area (Å²) in [7, 11) is 1.26. The third-order valence-corrected chi connectivity index (χ3v) is 10.9. The summed E-state index contributed by atoms with van der Waals surface area (Å²) < 4.78 is 27.0. The van der Waals surface area contributed by atoms with Crippen molar-refractivity contribution in [1.29, 1.82) is 0 Å². The molecule has 0 saturated carbocycles. The van der Waals surface area contributed by atoms with Gasteiger partial charge in [0.2, 0.25) is 0 Å². The van der Waals surface area contributed by atoms with Crippen LogP contribution in [-0.4, -0.2) is 61.3 Å². The molecule has 0 amide bonds. The fourth-order valence-electron chi connectivity index (χ4n) is 5.96. The van der Waals surface area contributed by atoms with E-state index in [9.17, 15) is 19.2 Å². The molecule has 0 aliphatic heterocycles. The maximum absolute atomic E-state index is 13.7. The number of hydrogen-bond acceptors (Lipinski definition) is 8. The zero-order valence-corrected chi connectivity index (χ0v) is 31.5. The number of esters is 2. The first-order valence-electron chi connectivity index (χ1n) is 17.4. The van der Waals surface area contributed by atoms with Crippen LogP contribution in [0.2, 0.25) is 0 Å². The molecule has 55 heavy (non-hydrogen) atoms. The fraction of sp³-hybridized carbons (Fsp3) is 0.136. The average molecular weight is 802 g/mol. The Labute approximate surface area is 324 Å². The van der Waals surface area contributed by atoms with Gasteiger partial charge in [-0.1, -0.05) is 0 Å². The zero-order chi connectivity index (χ0) is 38.5. The van der Waals surface area contributed by atoms with Gasteiger partial charge in [0.15, 0.2) is 0 Å². The van der Waals surface area contributed by atoms with Gasteiger partial charge in [-0.3, -0.25) is 0 Å². The zero-order valence-electron chi connectivity index (χ0n) is 29.8. The number of aromatic nitrogens is 2. The Balaban J connectivity index is 1.47. The van der Waals surface area contributed by atoms with Crippen molar-refractivity contribution in [2.75, 3.05) is 13.7 Å². The molecule has 0 aliphatic rings. The molecule has 3 atom stereocenters. The van der Waals surface area contributed by atoms with Crippen LogP contribution in [0.15, 0.2) is 186 Å². The second-order valence-electron chi connectivity index (χ2n) is 12.1. The van der Waals surface area contributed by atoms with E-state index in [1.54, 1.807) is 30.3 Å². The summed E-state index contributed by atoms with van der Waals surface area (Å²) in [5.41, 5.74) is 0.229. The van der Waals surface area contributed by atoms with Gasteiger partial charge in [-0.15, -0.1) is 0 Å². The number of H-pyrrole nitrogens is 1. The van der Waals surface area contributed by atoms with Crippen LogP contribution in [0.25, 0.3) is 0 Å². The Morgan fingerprint density at radius 3 is 1.75 bits per heavy atom. The van der Waals surface area contributed by atoms with Crippen molar-refractivity contribution >= 4 is 31.4 Å². The van der Waals surface area contributed by atoms with E-state index in [0.717, 1.165) is 21.2 Å². The molecule has 0 saturated heterocycles. The van der Waals surface area contributed by atoms with Gasteiger partial charge in [0.1, 0.15) is 0 Å². The summed E-state index contributed by atoms with van der Waals surface area (Å²) >= 11 is -0.648. The van der Waals surface area contributed by atoms with Crippen LogP contribution < -0.4 is 15.7 Å². The molecule has 0 fully saturated rings. The number of carbonyl (C=O) groups excluding carboxylic acids is 2. The molecule has 0 radical (unpaired) electrons. The molecule has 1 unspecified atom stereocenters. The number of carbonyl (C=O) groups is 2. The summed E-state index contributed by atoms with van der Waals surface area (Å²) in [4.78, 5) is 54.3. The number of nitrogens with one attached hydrogen (secondary N) is 1. The normalized spacial score (nSPS) is 13.1. The molecular formula is C44H38N2O8Se. The summed E-state index contributed by atoms with van der Waals surface area (Å²) in [5, 5.41) is -1.07. The SMILES string of the molecule is COC(=O)/C=C/[C@@H](COC(c1ccccc1)(c1ccccc1)c1ccccc1)O[C@H](C(OC(=O)c1ccccc1)[Se]c1ccccc1)n1ccc(=O)[nH]c1=O. The summed E-state index contributed by atoms with van der Waals surface area (Å²) in [6.45, 7) is -0.168. The molecule has 1 heterocycles. The van der Waals surface area contributed by atoms with Gasteiger partial charge >= 0.3 is 325 Å². The standard InChI is InChI=1S/C44H38N2O8Se/c1-51-39(48)28-27-36(31-52-44(33-19-9-3-10-20-33,34-21-11-4-12-22-34)35-23-13-5-14-24-35)53-40(46-30-29-38(47)45-43(46)50)42(55-37-25-15-6-16-26-37)54-41(49)32-17-7-2-8-18-32/h2-30,36,40,42H,31H2,1H3,(H,45,47,50)/b28-27+/t36-,40+,42?/m0/s1. The first kappa shape index (κ1) is 38.6. The predicted octanol–water partition coefficient (Wildman–Crippen LogP) is 5.37. The summed E-state index contributed by atoms with van der Waals surface area (Å²) in [5.74, 6) is -1.28. The number of rotatable bonds is 16. The van der Waals surface area contributed by atoms with E-state index in [1.165, 1.54) is 36.1 Å². The van der Waals surface area contributed by atoms with Crippen LogP contribution in [0, 0.1) is 0 Å². The van der Waals surface area contributed by atoms with Crippen molar-refractivity contribution in [1.82, 2.24) is 9.55 Å². The van der Waals surface area contributed by atoms with Crippen LogP contribution in [0.5, 0.6) is 0 Å². The minimum atomic E-state index is -1.31. The van der Waals surface area contributed by atoms with E-state index in [4.69, 9.17) is 18.9 Å². The Kier molecular flexibility index (Phi) is 13.2. The molecule has 1 N–H and O–H groups in total. The number of ether oxygens (including phenoxy) is 4. The molecule has 10 nitrogen and oxygen atoms in total. The van der Waals surface area contributed by atoms with Gasteiger partial charge in [0.25, 0.3) is 0 Å². The average Bonchev–Trinajstić information content (AvgIpc) is 3.23. The van der Waals surface area contributed by atoms with E-state index in [1.807, 2.05) is 121 Å². The molecule has 1 aromatic heterocycles. The van der Waals surface area contributed by atoms with Gasteiger partial charge in [-0.25, -0.2) is 0 Å². The third-order valence-electron chi connectivity index (χ3n) is 8.55. The molecule has 11 heteroatoms. The van der Waals surface area contributed by atoms with Crippen LogP contribution in [0.4, 0.5) is 0 Å². The first-order chi connectivity index (χ1) is 26.9. The fourth-order valence-corrected chi connectivity index (χ4v) is 8.12. The number of nitrogens with zero attached hydrogens (tertiary/aromatic N) is 1. The Morgan fingerprint density at radius 2 is 1.24 bits per heavy atom. The number of aromatic amines is 1. The number of methoxy groups -OCH3 is 1. The summed E-state index contributed by atoms with van der Waals surface area (Å²) in [6, 6.07) is 48.3. The van der Waals surface area contributed by atoms with Crippen LogP contribution in [0.3, 0.4) is 0 Å². The van der Waals surface area contributed by atoms with Crippen molar-refractivity contribution in [3.05, 3.63) is 219 Å². The second-order valence-corrected chi connectivity index (χ2v) is 14.6. The Hall–Kier alpha value is -6.10. The molecule has 0 bridgehead atoms. The monoisotopic (exact) mass is 802 g/mol. The Morgan fingerprint density at radius 1 is 0.727 bits per heavy atom. The predicted molar refractivity (Wildman–Crippen MR) is 209 cm³/mol. The van der Waals surface area contributed by atoms with E-state index in [0.29, 0.717) is 5.56 Å². The van der Waals surface area contributed by atoms with Crippen LogP contribution >= 0.6 is 0 Å². The van der Waals surface area contributed by atoms with Crippen LogP contribution in [0.1, 0.15) is 33.3 Å². The van der Waals surface area contributed by atoms with Gasteiger partial charge in [-0.2, -0.15) is 0 Å². The number of benzene rings is 5. The quantitative estimate of drug-likeness (QED) is 0.0600. The topological polar surface area (TPSA) is 126 Å². The number of hydrogen-bond donors (Lipinski definition) is 1. The van der Waals surface area contributed by atoms with Gasteiger partial charge in [0, 0.05) is 0 Å². The second kappa shape index (κ2) is 18.8. The first-order valence-corrected chi connectivity index (χ1v) is 19.2. The van der Waals surface area contributed by atoms with Crippen molar-refractivity contribution in [3.8, 4) is 0 Å². The van der Waals surface area contributed by atoms with Crippen molar-refractivity contribution < 1.29 is 28.5 Å². The molecule has 278 valence electrons. The van der Waals surface area contributed by atoms with E-state index < -0.39 is 61.1 Å². The molecule has 6 rings (SSSR count). The summed E-state index contributed by atoms with van der Waals surface area (Å²) in [6.07, 6.45) is 1.62. The van der Waals surface area contributed by atoms with Crippen LogP contribution in [-0.2, 0) is 29.3 Å². The van der Waals surface area contributed by atoms with E-state index >= 15 is 0 Å².